The van der Waals surface area contributed by atoms with Crippen LogP contribution in [-0.2, 0) is 30.3 Å². The standard InChI is InChI=1S/C35H54N4O6/c1-10-16-24(27(40)30(42)36-20-15-14-19-22-17-12-11-13-18-22)37-29(41)26-25-23(35(25,8)9)21-39(26)31(43)28(33(2,3)4)38-32(44)45-34(5,6)7/h11-13,17-18,23-26,28H,10,14-16,19-21H2,1-9H3,(H,36,42)(H,37,41)(H,38,44)/t23-,24?,25-,26-,28+/m0/s1. The number of piperidine rings is 1. The van der Waals surface area contributed by atoms with Crippen LogP contribution < -0.4 is 16.0 Å². The lowest BCUT2D eigenvalue weighted by molar-refractivity contribution is -0.145. The molecule has 4 amide bonds. The lowest BCUT2D eigenvalue weighted by Gasteiger charge is -2.38. The third kappa shape index (κ3) is 9.30. The zero-order valence-corrected chi connectivity index (χ0v) is 28.6. The molecule has 1 unspecified atom stereocenters. The lowest BCUT2D eigenvalue weighted by Crippen LogP contribution is -2.60. The first-order chi connectivity index (χ1) is 20.9. The van der Waals surface area contributed by atoms with Gasteiger partial charge in [-0.15, -0.1) is 0 Å². The number of nitrogens with one attached hydrogen (secondary N) is 3. The zero-order chi connectivity index (χ0) is 33.7. The van der Waals surface area contributed by atoms with Gasteiger partial charge in [0, 0.05) is 13.1 Å². The number of rotatable bonds is 13. The number of likely N-dealkylation sites (tertiary alicyclic amines) is 1. The topological polar surface area (TPSA) is 134 Å². The number of ketones is 1. The molecule has 0 spiro atoms. The molecule has 1 saturated heterocycles. The molecule has 10 nitrogen and oxygen atoms in total. The van der Waals surface area contributed by atoms with Gasteiger partial charge < -0.3 is 25.6 Å². The van der Waals surface area contributed by atoms with E-state index in [2.05, 4.69) is 41.9 Å². The number of fused-ring (bicyclic) bond motifs is 1. The zero-order valence-electron chi connectivity index (χ0n) is 28.6. The summed E-state index contributed by atoms with van der Waals surface area (Å²) in [5, 5.41) is 8.30. The Bertz CT molecular complexity index is 1230. The fourth-order valence-corrected chi connectivity index (χ4v) is 6.41. The molecule has 3 N–H and O–H groups in total. The molecule has 3 rings (SSSR count). The number of benzene rings is 1. The molecule has 0 bridgehead atoms. The highest BCUT2D eigenvalue weighted by molar-refractivity contribution is 6.38. The molecular formula is C35H54N4O6. The van der Waals surface area contributed by atoms with Gasteiger partial charge in [0.15, 0.2) is 0 Å². The van der Waals surface area contributed by atoms with Crippen molar-refractivity contribution in [2.75, 3.05) is 13.1 Å². The Morgan fingerprint density at radius 2 is 1.62 bits per heavy atom. The predicted molar refractivity (Wildman–Crippen MR) is 173 cm³/mol. The first-order valence-corrected chi connectivity index (χ1v) is 16.3. The molecule has 1 aliphatic carbocycles. The third-order valence-electron chi connectivity index (χ3n) is 8.99. The molecular weight excluding hydrogens is 572 g/mol. The number of alkyl carbamates (subject to hydrolysis) is 1. The van der Waals surface area contributed by atoms with Crippen LogP contribution in [0.15, 0.2) is 30.3 Å². The van der Waals surface area contributed by atoms with Crippen molar-refractivity contribution in [3.8, 4) is 0 Å². The number of unbranched alkanes of at least 4 members (excludes halogenated alkanes) is 1. The number of hydrogen-bond acceptors (Lipinski definition) is 6. The molecule has 2 aliphatic rings. The first-order valence-electron chi connectivity index (χ1n) is 16.3. The van der Waals surface area contributed by atoms with Gasteiger partial charge in [0.05, 0.1) is 6.04 Å². The van der Waals surface area contributed by atoms with Crippen molar-refractivity contribution >= 4 is 29.6 Å². The van der Waals surface area contributed by atoms with Crippen molar-refractivity contribution in [2.24, 2.45) is 22.7 Å². The number of nitrogens with zero attached hydrogens (tertiary/aromatic N) is 1. The highest BCUT2D eigenvalue weighted by Gasteiger charge is 2.70. The fraction of sp³-hybridized carbons (Fsp3) is 0.686. The van der Waals surface area contributed by atoms with Crippen molar-refractivity contribution in [2.45, 2.75) is 118 Å². The van der Waals surface area contributed by atoms with Gasteiger partial charge in [0.25, 0.3) is 5.91 Å². The van der Waals surface area contributed by atoms with Gasteiger partial charge in [-0.25, -0.2) is 4.79 Å². The van der Waals surface area contributed by atoms with Crippen molar-refractivity contribution in [1.82, 2.24) is 20.9 Å². The van der Waals surface area contributed by atoms with E-state index in [4.69, 9.17) is 4.74 Å². The smallest absolute Gasteiger partial charge is 0.408 e. The monoisotopic (exact) mass is 626 g/mol. The molecule has 45 heavy (non-hydrogen) atoms. The minimum atomic E-state index is -0.997. The summed E-state index contributed by atoms with van der Waals surface area (Å²) in [6.07, 6.45) is 2.66. The minimum Gasteiger partial charge on any atom is -0.444 e. The SMILES string of the molecule is CCCC(NC(=O)[C@@H]1[C@@H]2[C@H](CN1C(=O)[C@@H](NC(=O)OC(C)(C)C)C(C)(C)C)C2(C)C)C(=O)C(=O)NCCCCc1ccccc1. The normalized spacial score (nSPS) is 21.6. The van der Waals surface area contributed by atoms with E-state index in [1.807, 2.05) is 45.9 Å². The Hall–Kier alpha value is -3.43. The Kier molecular flexibility index (Phi) is 11.5. The summed E-state index contributed by atoms with van der Waals surface area (Å²) in [4.78, 5) is 68.2. The second-order valence-corrected chi connectivity index (χ2v) is 15.2. The third-order valence-corrected chi connectivity index (χ3v) is 8.99. The largest absolute Gasteiger partial charge is 0.444 e. The van der Waals surface area contributed by atoms with E-state index in [1.165, 1.54) is 5.56 Å². The number of carbonyl (C=O) groups excluding carboxylic acids is 5. The van der Waals surface area contributed by atoms with Crippen molar-refractivity contribution in [3.63, 3.8) is 0 Å². The van der Waals surface area contributed by atoms with Gasteiger partial charge in [0.1, 0.15) is 17.7 Å². The van der Waals surface area contributed by atoms with Gasteiger partial charge in [-0.2, -0.15) is 0 Å². The molecule has 0 radical (unpaired) electrons. The molecule has 1 aromatic rings. The van der Waals surface area contributed by atoms with Crippen molar-refractivity contribution in [1.29, 1.82) is 0 Å². The predicted octanol–water partition coefficient (Wildman–Crippen LogP) is 4.40. The van der Waals surface area contributed by atoms with Crippen LogP contribution >= 0.6 is 0 Å². The van der Waals surface area contributed by atoms with Crippen molar-refractivity contribution in [3.05, 3.63) is 35.9 Å². The minimum absolute atomic E-state index is 0.0978. The summed E-state index contributed by atoms with van der Waals surface area (Å²) < 4.78 is 5.43. The highest BCUT2D eigenvalue weighted by Crippen LogP contribution is 2.65. The average molecular weight is 627 g/mol. The van der Waals surface area contributed by atoms with E-state index in [0.29, 0.717) is 25.9 Å². The van der Waals surface area contributed by atoms with Crippen LogP contribution in [0, 0.1) is 22.7 Å². The van der Waals surface area contributed by atoms with E-state index < -0.39 is 52.8 Å². The van der Waals surface area contributed by atoms with Crippen molar-refractivity contribution < 1.29 is 28.7 Å². The molecule has 1 heterocycles. The Morgan fingerprint density at radius 1 is 0.978 bits per heavy atom. The van der Waals surface area contributed by atoms with Crippen LogP contribution in [0.1, 0.15) is 93.6 Å². The number of carbonyl (C=O) groups is 5. The van der Waals surface area contributed by atoms with Crippen LogP contribution in [0.2, 0.25) is 0 Å². The number of hydrogen-bond donors (Lipinski definition) is 3. The molecule has 10 heteroatoms. The molecule has 1 aliphatic heterocycles. The molecule has 0 aromatic heterocycles. The maximum Gasteiger partial charge on any atom is 0.408 e. The Labute approximate surface area is 268 Å². The molecule has 1 saturated carbocycles. The molecule has 2 fully saturated rings. The summed E-state index contributed by atoms with van der Waals surface area (Å²) in [5.74, 6) is -2.21. The van der Waals surface area contributed by atoms with E-state index >= 15 is 0 Å². The quantitative estimate of drug-likeness (QED) is 0.220. The average Bonchev–Trinajstić information content (AvgIpc) is 3.26. The maximum atomic E-state index is 14.0. The van der Waals surface area contributed by atoms with Crippen LogP contribution in [0.3, 0.4) is 0 Å². The van der Waals surface area contributed by atoms with Gasteiger partial charge in [-0.05, 0) is 74.7 Å². The summed E-state index contributed by atoms with van der Waals surface area (Å²) >= 11 is 0. The highest BCUT2D eigenvalue weighted by atomic mass is 16.6. The van der Waals surface area contributed by atoms with Crippen LogP contribution in [-0.4, -0.2) is 71.3 Å². The first kappa shape index (κ1) is 36.0. The summed E-state index contributed by atoms with van der Waals surface area (Å²) in [5.41, 5.74) is -0.347. The second-order valence-electron chi connectivity index (χ2n) is 15.2. The van der Waals surface area contributed by atoms with Crippen LogP contribution in [0.4, 0.5) is 4.79 Å². The van der Waals surface area contributed by atoms with E-state index in [1.54, 1.807) is 25.7 Å². The van der Waals surface area contributed by atoms with Gasteiger partial charge in [-0.3, -0.25) is 19.2 Å². The molecule has 1 aromatic carbocycles. The fourth-order valence-electron chi connectivity index (χ4n) is 6.41. The van der Waals surface area contributed by atoms with Crippen LogP contribution in [0.25, 0.3) is 0 Å². The molecule has 5 atom stereocenters. The Balaban J connectivity index is 1.68. The number of aryl methyl sites for hydroxylation is 1. The number of ether oxygens (including phenoxy) is 1. The van der Waals surface area contributed by atoms with Gasteiger partial charge >= 0.3 is 6.09 Å². The maximum absolute atomic E-state index is 14.0. The van der Waals surface area contributed by atoms with Gasteiger partial charge in [0.2, 0.25) is 17.6 Å². The summed E-state index contributed by atoms with van der Waals surface area (Å²) in [7, 11) is 0. The number of amides is 4. The van der Waals surface area contributed by atoms with Crippen LogP contribution in [0.5, 0.6) is 0 Å². The second kappa shape index (κ2) is 14.3. The Morgan fingerprint density at radius 3 is 2.20 bits per heavy atom. The molecule has 250 valence electrons. The number of Topliss-reactive ketones (excluding diaryl/α,β-unsaturated/α-hetero) is 1. The van der Waals surface area contributed by atoms with E-state index in [-0.39, 0.29) is 23.2 Å². The van der Waals surface area contributed by atoms with E-state index in [0.717, 1.165) is 19.3 Å². The van der Waals surface area contributed by atoms with Gasteiger partial charge in [-0.1, -0.05) is 78.3 Å². The lowest BCUT2D eigenvalue weighted by atomic mass is 9.85. The van der Waals surface area contributed by atoms with E-state index in [9.17, 15) is 24.0 Å². The summed E-state index contributed by atoms with van der Waals surface area (Å²) in [6, 6.07) is 7.32. The summed E-state index contributed by atoms with van der Waals surface area (Å²) in [6.45, 7) is 17.5.